The Labute approximate surface area is 167 Å². The minimum atomic E-state index is -5.10. The van der Waals surface area contributed by atoms with E-state index in [1.807, 2.05) is 4.98 Å². The number of aryl methyl sites for hydroxylation is 1. The van der Waals surface area contributed by atoms with Crippen molar-refractivity contribution in [3.8, 4) is 0 Å². The van der Waals surface area contributed by atoms with Crippen LogP contribution in [0.25, 0.3) is 22.2 Å². The first-order valence-electron chi connectivity index (χ1n) is 8.58. The van der Waals surface area contributed by atoms with Crippen molar-refractivity contribution in [1.29, 1.82) is 0 Å². The summed E-state index contributed by atoms with van der Waals surface area (Å²) in [5.41, 5.74) is 0.588. The lowest BCUT2D eigenvalue weighted by atomic mass is 9.94. The van der Waals surface area contributed by atoms with Crippen LogP contribution in [0.2, 0.25) is 0 Å². The number of nitrogens with zero attached hydrogens (tertiary/aromatic N) is 2. The average molecular weight is 442 g/mol. The number of phosphoric ester groups is 1. The summed E-state index contributed by atoms with van der Waals surface area (Å²) in [5, 5.41) is 29.9. The van der Waals surface area contributed by atoms with E-state index in [2.05, 4.69) is 19.5 Å². The van der Waals surface area contributed by atoms with Gasteiger partial charge in [0.25, 0.3) is 5.56 Å². The van der Waals surface area contributed by atoms with Gasteiger partial charge in [-0.3, -0.25) is 19.3 Å². The van der Waals surface area contributed by atoms with E-state index in [9.17, 15) is 29.5 Å². The molecule has 0 saturated heterocycles. The molecular formula is C16H19N4O9P. The van der Waals surface area contributed by atoms with Crippen molar-refractivity contribution >= 4 is 30.0 Å². The number of hydrogen-bond acceptors (Lipinski definition) is 9. The van der Waals surface area contributed by atoms with Crippen molar-refractivity contribution in [2.24, 2.45) is 0 Å². The number of rotatable bonds is 6. The SMILES string of the molecule is Cc1cc2nc3c(=O)[nH]c(=O)[nH]c3nc2c(CC(O)C(O)C(O)OP(=O)(O)O)c1C. The highest BCUT2D eigenvalue weighted by Gasteiger charge is 2.32. The molecule has 13 nitrogen and oxygen atoms in total. The molecule has 3 rings (SSSR count). The van der Waals surface area contributed by atoms with Crippen LogP contribution in [-0.4, -0.2) is 63.5 Å². The predicted octanol–water partition coefficient (Wildman–Crippen LogP) is -1.53. The number of phosphoric acid groups is 1. The number of nitrogens with one attached hydrogen (secondary N) is 2. The van der Waals surface area contributed by atoms with Crippen molar-refractivity contribution in [3.05, 3.63) is 43.6 Å². The summed E-state index contributed by atoms with van der Waals surface area (Å²) in [4.78, 5) is 53.9. The summed E-state index contributed by atoms with van der Waals surface area (Å²) < 4.78 is 14.8. The highest BCUT2D eigenvalue weighted by Crippen LogP contribution is 2.38. The van der Waals surface area contributed by atoms with E-state index in [0.29, 0.717) is 11.1 Å². The molecule has 3 atom stereocenters. The normalized spacial score (nSPS) is 15.4. The lowest BCUT2D eigenvalue weighted by Gasteiger charge is -2.24. The molecule has 0 aliphatic carbocycles. The van der Waals surface area contributed by atoms with Gasteiger partial charge in [-0.15, -0.1) is 0 Å². The molecule has 14 heteroatoms. The zero-order valence-corrected chi connectivity index (χ0v) is 16.6. The number of benzene rings is 1. The fourth-order valence-corrected chi connectivity index (χ4v) is 3.43. The van der Waals surface area contributed by atoms with Crippen molar-refractivity contribution < 1.29 is 34.2 Å². The van der Waals surface area contributed by atoms with E-state index in [1.54, 1.807) is 19.9 Å². The molecule has 0 radical (unpaired) electrons. The number of H-pyrrole nitrogens is 2. The average Bonchev–Trinajstić information content (AvgIpc) is 2.62. The van der Waals surface area contributed by atoms with Crippen LogP contribution in [0.3, 0.4) is 0 Å². The van der Waals surface area contributed by atoms with Crippen molar-refractivity contribution in [2.75, 3.05) is 0 Å². The molecule has 3 aromatic rings. The highest BCUT2D eigenvalue weighted by molar-refractivity contribution is 7.46. The molecular weight excluding hydrogens is 423 g/mol. The molecule has 2 heterocycles. The lowest BCUT2D eigenvalue weighted by molar-refractivity contribution is -0.150. The summed E-state index contributed by atoms with van der Waals surface area (Å²) in [6, 6.07) is 1.65. The van der Waals surface area contributed by atoms with Crippen molar-refractivity contribution in [3.63, 3.8) is 0 Å². The summed E-state index contributed by atoms with van der Waals surface area (Å²) in [5.74, 6) is 0. The summed E-state index contributed by atoms with van der Waals surface area (Å²) in [6.07, 6.45) is -6.41. The van der Waals surface area contributed by atoms with Gasteiger partial charge >= 0.3 is 13.5 Å². The van der Waals surface area contributed by atoms with Crippen LogP contribution in [0.1, 0.15) is 16.7 Å². The lowest BCUT2D eigenvalue weighted by Crippen LogP contribution is -2.39. The second-order valence-corrected chi connectivity index (χ2v) is 7.93. The summed E-state index contributed by atoms with van der Waals surface area (Å²) in [6.45, 7) is 3.45. The van der Waals surface area contributed by atoms with Gasteiger partial charge in [-0.2, -0.15) is 0 Å². The third-order valence-corrected chi connectivity index (χ3v) is 5.12. The maximum absolute atomic E-state index is 12.0. The van der Waals surface area contributed by atoms with Crippen LogP contribution in [0.5, 0.6) is 0 Å². The zero-order chi connectivity index (χ0) is 22.4. The Hall–Kier alpha value is -2.51. The Balaban J connectivity index is 2.09. The third-order valence-electron chi connectivity index (χ3n) is 4.63. The number of aliphatic hydroxyl groups excluding tert-OH is 3. The predicted molar refractivity (Wildman–Crippen MR) is 103 cm³/mol. The molecule has 0 saturated carbocycles. The van der Waals surface area contributed by atoms with Crippen LogP contribution < -0.4 is 11.2 Å². The largest absolute Gasteiger partial charge is 0.472 e. The smallest absolute Gasteiger partial charge is 0.390 e. The van der Waals surface area contributed by atoms with Gasteiger partial charge in [0.1, 0.15) is 6.10 Å². The first kappa shape index (κ1) is 22.2. The van der Waals surface area contributed by atoms with Crippen LogP contribution in [-0.2, 0) is 15.5 Å². The Bertz CT molecular complexity index is 1280. The number of aliphatic hydroxyl groups is 3. The zero-order valence-electron chi connectivity index (χ0n) is 15.7. The number of aromatic amines is 2. The van der Waals surface area contributed by atoms with E-state index in [1.165, 1.54) is 0 Å². The molecule has 2 aromatic heterocycles. The van der Waals surface area contributed by atoms with Gasteiger partial charge < -0.3 is 25.1 Å². The Kier molecular flexibility index (Phi) is 5.89. The molecule has 30 heavy (non-hydrogen) atoms. The molecule has 0 aliphatic rings. The van der Waals surface area contributed by atoms with E-state index >= 15 is 0 Å². The van der Waals surface area contributed by atoms with Gasteiger partial charge in [-0.05, 0) is 36.6 Å². The Morgan fingerprint density at radius 1 is 1.10 bits per heavy atom. The van der Waals surface area contributed by atoms with Gasteiger partial charge in [-0.1, -0.05) is 0 Å². The molecule has 1 aromatic carbocycles. The van der Waals surface area contributed by atoms with Gasteiger partial charge in [0.2, 0.25) is 0 Å². The van der Waals surface area contributed by atoms with Gasteiger partial charge in [0.15, 0.2) is 17.5 Å². The van der Waals surface area contributed by atoms with Gasteiger partial charge in [0, 0.05) is 6.42 Å². The maximum atomic E-state index is 12.0. The topological polar surface area (TPSA) is 219 Å². The minimum absolute atomic E-state index is 0.0827. The van der Waals surface area contributed by atoms with Crippen LogP contribution in [0.15, 0.2) is 15.7 Å². The fourth-order valence-electron chi connectivity index (χ4n) is 3.02. The summed E-state index contributed by atoms with van der Waals surface area (Å²) >= 11 is 0. The highest BCUT2D eigenvalue weighted by atomic mass is 31.2. The van der Waals surface area contributed by atoms with Crippen LogP contribution >= 0.6 is 7.82 Å². The quantitative estimate of drug-likeness (QED) is 0.132. The number of fused-ring (bicyclic) bond motifs is 2. The van der Waals surface area contributed by atoms with E-state index < -0.39 is 37.6 Å². The molecule has 0 fully saturated rings. The molecule has 0 aliphatic heterocycles. The molecule has 162 valence electrons. The third kappa shape index (κ3) is 4.47. The van der Waals surface area contributed by atoms with E-state index in [-0.39, 0.29) is 28.6 Å². The molecule has 0 amide bonds. The van der Waals surface area contributed by atoms with Gasteiger partial charge in [0.05, 0.1) is 17.1 Å². The molecule has 3 unspecified atom stereocenters. The van der Waals surface area contributed by atoms with Crippen LogP contribution in [0.4, 0.5) is 0 Å². The molecule has 7 N–H and O–H groups in total. The van der Waals surface area contributed by atoms with Crippen molar-refractivity contribution in [2.45, 2.75) is 38.8 Å². The summed E-state index contributed by atoms with van der Waals surface area (Å²) in [7, 11) is -5.10. The second-order valence-electron chi connectivity index (χ2n) is 6.74. The molecule has 0 spiro atoms. The Morgan fingerprint density at radius 3 is 2.40 bits per heavy atom. The minimum Gasteiger partial charge on any atom is -0.390 e. The van der Waals surface area contributed by atoms with E-state index in [4.69, 9.17) is 9.79 Å². The van der Waals surface area contributed by atoms with Gasteiger partial charge in [-0.25, -0.2) is 19.3 Å². The standard InChI is InChI=1S/C16H19N4O9P/c1-5-3-8-10(18-13-11(17-8)14(23)20-16(25)19-13)7(6(5)2)4-9(21)12(22)15(24)29-30(26,27)28/h3,9,12,15,21-22,24H,4H2,1-2H3,(H2,26,27,28)(H2,18,19,20,23,25). The van der Waals surface area contributed by atoms with Crippen molar-refractivity contribution in [1.82, 2.24) is 19.9 Å². The monoisotopic (exact) mass is 442 g/mol. The fraction of sp³-hybridized carbons (Fsp3) is 0.375. The van der Waals surface area contributed by atoms with Crippen LogP contribution in [0, 0.1) is 13.8 Å². The molecule has 0 bridgehead atoms. The second kappa shape index (κ2) is 7.96. The Morgan fingerprint density at radius 2 is 1.77 bits per heavy atom. The number of aromatic nitrogens is 4. The first-order valence-corrected chi connectivity index (χ1v) is 10.1. The first-order chi connectivity index (χ1) is 13.9. The van der Waals surface area contributed by atoms with E-state index in [0.717, 1.165) is 5.56 Å². The maximum Gasteiger partial charge on any atom is 0.472 e. The number of hydrogen-bond donors (Lipinski definition) is 7.